The number of hydrogen-bond acceptors (Lipinski definition) is 5. The number of ether oxygens (including phenoxy) is 1. The van der Waals surface area contributed by atoms with E-state index in [9.17, 15) is 19.8 Å². The minimum Gasteiger partial charge on any atom is -0.462 e. The van der Waals surface area contributed by atoms with E-state index in [0.29, 0.717) is 19.3 Å². The lowest BCUT2D eigenvalue weighted by Gasteiger charge is -2.24. The van der Waals surface area contributed by atoms with E-state index in [2.05, 4.69) is 50.4 Å². The summed E-state index contributed by atoms with van der Waals surface area (Å²) in [7, 11) is 0. The fourth-order valence-electron chi connectivity index (χ4n) is 8.09. The van der Waals surface area contributed by atoms with Crippen LogP contribution in [0.2, 0.25) is 0 Å². The number of aliphatic hydroxyl groups excluding tert-OH is 2. The average Bonchev–Trinajstić information content (AvgIpc) is 3.28. The third-order valence-corrected chi connectivity index (χ3v) is 12.2. The van der Waals surface area contributed by atoms with E-state index in [1.807, 2.05) is 36.5 Å². The Labute approximate surface area is 390 Å². The zero-order chi connectivity index (χ0) is 45.9. The fraction of sp³-hybridized carbons (Fsp3) is 0.789. The monoisotopic (exact) mass is 882 g/mol. The molecule has 0 saturated heterocycles. The first-order valence-corrected chi connectivity index (χ1v) is 27.1. The predicted octanol–water partition coefficient (Wildman–Crippen LogP) is 16.4. The summed E-state index contributed by atoms with van der Waals surface area (Å²) in [4.78, 5) is 26.1. The van der Waals surface area contributed by atoms with Gasteiger partial charge in [0, 0.05) is 6.42 Å². The van der Waals surface area contributed by atoms with Crippen molar-refractivity contribution in [1.82, 2.24) is 5.32 Å². The number of rotatable bonds is 48. The molecule has 0 rings (SSSR count). The smallest absolute Gasteiger partial charge is 0.306 e. The molecule has 3 atom stereocenters. The number of carbonyl (C=O) groups is 2. The van der Waals surface area contributed by atoms with Crippen molar-refractivity contribution in [3.05, 3.63) is 60.8 Å². The Morgan fingerprint density at radius 3 is 1.37 bits per heavy atom. The van der Waals surface area contributed by atoms with E-state index in [1.165, 1.54) is 161 Å². The molecule has 0 aromatic heterocycles. The predicted molar refractivity (Wildman–Crippen MR) is 273 cm³/mol. The second kappa shape index (κ2) is 50.6. The lowest BCUT2D eigenvalue weighted by molar-refractivity contribution is -0.151. The summed E-state index contributed by atoms with van der Waals surface area (Å²) in [5.74, 6) is -0.543. The Kier molecular flexibility index (Phi) is 48.6. The van der Waals surface area contributed by atoms with E-state index >= 15 is 0 Å². The number of esters is 1. The molecule has 0 radical (unpaired) electrons. The van der Waals surface area contributed by atoms with Crippen molar-refractivity contribution < 1.29 is 24.5 Å². The van der Waals surface area contributed by atoms with Gasteiger partial charge in [-0.3, -0.25) is 9.59 Å². The highest BCUT2D eigenvalue weighted by molar-refractivity contribution is 5.77. The summed E-state index contributed by atoms with van der Waals surface area (Å²) >= 11 is 0. The number of aliphatic hydroxyl groups is 2. The molecule has 0 aliphatic rings. The van der Waals surface area contributed by atoms with Crippen molar-refractivity contribution in [2.45, 2.75) is 283 Å². The van der Waals surface area contributed by atoms with E-state index in [1.54, 1.807) is 0 Å². The van der Waals surface area contributed by atoms with Crippen molar-refractivity contribution in [3.63, 3.8) is 0 Å². The molecule has 0 saturated carbocycles. The highest BCUT2D eigenvalue weighted by Gasteiger charge is 2.24. The van der Waals surface area contributed by atoms with Gasteiger partial charge in [-0.1, -0.05) is 248 Å². The molecule has 0 aliphatic heterocycles. The van der Waals surface area contributed by atoms with E-state index < -0.39 is 18.2 Å². The largest absolute Gasteiger partial charge is 0.462 e. The summed E-state index contributed by atoms with van der Waals surface area (Å²) in [5, 5.41) is 23.8. The van der Waals surface area contributed by atoms with Crippen molar-refractivity contribution in [1.29, 1.82) is 0 Å². The van der Waals surface area contributed by atoms with E-state index in [-0.39, 0.29) is 24.9 Å². The molecule has 3 unspecified atom stereocenters. The molecule has 0 spiro atoms. The summed E-state index contributed by atoms with van der Waals surface area (Å²) < 4.78 is 5.90. The highest BCUT2D eigenvalue weighted by Crippen LogP contribution is 2.17. The van der Waals surface area contributed by atoms with Crippen LogP contribution in [-0.4, -0.2) is 46.9 Å². The summed E-state index contributed by atoms with van der Waals surface area (Å²) in [6, 6.07) is -0.724. The second-order valence-corrected chi connectivity index (χ2v) is 18.3. The number of nitrogens with one attached hydrogen (secondary N) is 1. The molecule has 0 fully saturated rings. The van der Waals surface area contributed by atoms with Crippen LogP contribution in [-0.2, 0) is 14.3 Å². The van der Waals surface area contributed by atoms with Gasteiger partial charge in [0.05, 0.1) is 25.2 Å². The third-order valence-electron chi connectivity index (χ3n) is 12.2. The summed E-state index contributed by atoms with van der Waals surface area (Å²) in [6.07, 6.45) is 63.0. The lowest BCUT2D eigenvalue weighted by atomic mass is 10.0. The van der Waals surface area contributed by atoms with Gasteiger partial charge in [-0.15, -0.1) is 0 Å². The first-order chi connectivity index (χ1) is 31.0. The molecule has 6 nitrogen and oxygen atoms in total. The highest BCUT2D eigenvalue weighted by atomic mass is 16.5. The van der Waals surface area contributed by atoms with Gasteiger partial charge in [-0.25, -0.2) is 0 Å². The Balaban J connectivity index is 4.53. The average molecular weight is 882 g/mol. The molecule has 3 N–H and O–H groups in total. The number of allylic oxidation sites excluding steroid dienone is 10. The maximum absolute atomic E-state index is 13.2. The Bertz CT molecular complexity index is 1130. The number of amides is 1. The first-order valence-electron chi connectivity index (χ1n) is 27.1. The molecule has 0 heterocycles. The van der Waals surface area contributed by atoms with Crippen LogP contribution in [0.25, 0.3) is 0 Å². The van der Waals surface area contributed by atoms with Crippen LogP contribution in [0.5, 0.6) is 0 Å². The van der Waals surface area contributed by atoms with Crippen LogP contribution >= 0.6 is 0 Å². The van der Waals surface area contributed by atoms with Crippen LogP contribution < -0.4 is 5.32 Å². The summed E-state index contributed by atoms with van der Waals surface area (Å²) in [6.45, 7) is 6.33. The van der Waals surface area contributed by atoms with Gasteiger partial charge in [-0.2, -0.15) is 0 Å². The SMILES string of the molecule is CC/C=C/C=C/C=C\C=C/CCCC(CC(=O)NC(CO)C(O)CCCCCCCCCCCCCCCCCC)OC(=O)CCCCCCCCC/C=C/CCCCCCCC. The topological polar surface area (TPSA) is 95.9 Å². The van der Waals surface area contributed by atoms with Gasteiger partial charge in [-0.05, 0) is 64.2 Å². The van der Waals surface area contributed by atoms with Crippen molar-refractivity contribution >= 4 is 11.9 Å². The standard InChI is InChI=1S/C57H103NO5/c1-4-7-10-13-16-19-22-24-26-28-30-32-35-38-41-44-47-50-57(62)63-53(48-45-42-39-36-33-21-18-15-12-9-6-3)51-56(61)58-54(52-59)55(60)49-46-43-40-37-34-31-29-27-25-23-20-17-14-11-8-5-2/h9,12,15,18,21,24,26,33,36,39,53-55,59-60H,4-8,10-11,13-14,16-17,19-20,22-23,25,27-32,34-35,37-38,40-52H2,1-3H3,(H,58,61)/b12-9+,18-15+,26-24+,33-21-,39-36-. The lowest BCUT2D eigenvalue weighted by Crippen LogP contribution is -2.46. The number of carbonyl (C=O) groups excluding carboxylic acids is 2. The normalized spacial score (nSPS) is 13.7. The molecule has 0 aromatic rings. The van der Waals surface area contributed by atoms with Gasteiger partial charge >= 0.3 is 5.97 Å². The molecule has 366 valence electrons. The maximum atomic E-state index is 13.2. The van der Waals surface area contributed by atoms with E-state index in [4.69, 9.17) is 4.74 Å². The Morgan fingerprint density at radius 2 is 0.889 bits per heavy atom. The second-order valence-electron chi connectivity index (χ2n) is 18.3. The van der Waals surface area contributed by atoms with Crippen LogP contribution in [0.4, 0.5) is 0 Å². The van der Waals surface area contributed by atoms with Crippen LogP contribution in [0.3, 0.4) is 0 Å². The van der Waals surface area contributed by atoms with Crippen molar-refractivity contribution in [2.24, 2.45) is 0 Å². The molecule has 63 heavy (non-hydrogen) atoms. The summed E-state index contributed by atoms with van der Waals surface area (Å²) in [5.41, 5.74) is 0. The molecule has 0 bridgehead atoms. The molecule has 6 heteroatoms. The van der Waals surface area contributed by atoms with Crippen LogP contribution in [0.15, 0.2) is 60.8 Å². The van der Waals surface area contributed by atoms with Crippen molar-refractivity contribution in [3.8, 4) is 0 Å². The zero-order valence-electron chi connectivity index (χ0n) is 41.7. The van der Waals surface area contributed by atoms with Gasteiger partial charge in [0.25, 0.3) is 0 Å². The number of unbranched alkanes of at least 4 members (excludes halogenated alkanes) is 29. The minimum absolute atomic E-state index is 0.0297. The molecular weight excluding hydrogens is 779 g/mol. The molecule has 0 aromatic carbocycles. The van der Waals surface area contributed by atoms with Gasteiger partial charge in [0.15, 0.2) is 0 Å². The Morgan fingerprint density at radius 1 is 0.476 bits per heavy atom. The maximum Gasteiger partial charge on any atom is 0.306 e. The Hall–Kier alpha value is -2.44. The molecule has 0 aliphatic carbocycles. The number of hydrogen-bond donors (Lipinski definition) is 3. The minimum atomic E-state index is -0.807. The van der Waals surface area contributed by atoms with Crippen LogP contribution in [0, 0.1) is 0 Å². The van der Waals surface area contributed by atoms with Gasteiger partial charge < -0.3 is 20.3 Å². The zero-order valence-corrected chi connectivity index (χ0v) is 41.7. The molecule has 1 amide bonds. The first kappa shape index (κ1) is 60.6. The quantitative estimate of drug-likeness (QED) is 0.0245. The van der Waals surface area contributed by atoms with Gasteiger partial charge in [0.1, 0.15) is 6.10 Å². The third kappa shape index (κ3) is 45.9. The van der Waals surface area contributed by atoms with Crippen LogP contribution in [0.1, 0.15) is 265 Å². The van der Waals surface area contributed by atoms with Gasteiger partial charge in [0.2, 0.25) is 5.91 Å². The fourth-order valence-corrected chi connectivity index (χ4v) is 8.09. The van der Waals surface area contributed by atoms with E-state index in [0.717, 1.165) is 57.8 Å². The van der Waals surface area contributed by atoms with Crippen molar-refractivity contribution in [2.75, 3.05) is 6.61 Å². The molecular formula is C57H103NO5.